The maximum Gasteiger partial charge on any atom is 0.293 e. The lowest BCUT2D eigenvalue weighted by Gasteiger charge is -2.16. The number of rotatable bonds is 3. The number of amides is 2. The lowest BCUT2D eigenvalue weighted by Crippen LogP contribution is -2.28. The number of furan rings is 1. The maximum atomic E-state index is 12.5. The first-order valence-corrected chi connectivity index (χ1v) is 8.96. The molecule has 0 fully saturated rings. The standard InChI is InChI=1S/C20H15BrN2O3/c21-15-5-3-13(4-6-15)19(24)22-16-7-8-17-14(12-16)9-10-23(17)20(25)18-2-1-11-26-18/h1-8,11-12H,9-10H2,(H,22,24). The van der Waals surface area contributed by atoms with Crippen LogP contribution in [0.25, 0.3) is 0 Å². The van der Waals surface area contributed by atoms with Gasteiger partial charge in [-0.15, -0.1) is 0 Å². The van der Waals surface area contributed by atoms with Crippen molar-refractivity contribution in [2.75, 3.05) is 16.8 Å². The number of carbonyl (C=O) groups excluding carboxylic acids is 2. The van der Waals surface area contributed by atoms with E-state index in [4.69, 9.17) is 4.42 Å². The molecule has 0 unspecified atom stereocenters. The summed E-state index contributed by atoms with van der Waals surface area (Å²) in [6.45, 7) is 0.596. The van der Waals surface area contributed by atoms with Crippen molar-refractivity contribution in [3.63, 3.8) is 0 Å². The van der Waals surface area contributed by atoms with Crippen LogP contribution < -0.4 is 10.2 Å². The van der Waals surface area contributed by atoms with Crippen molar-refractivity contribution in [2.24, 2.45) is 0 Å². The summed E-state index contributed by atoms with van der Waals surface area (Å²) in [5.41, 5.74) is 3.18. The normalized spacial score (nSPS) is 12.7. The molecule has 2 aromatic carbocycles. The SMILES string of the molecule is O=C(Nc1ccc2c(c1)CCN2C(=O)c1ccco1)c1ccc(Br)cc1. The third-order valence-electron chi connectivity index (χ3n) is 4.32. The average Bonchev–Trinajstić information content (AvgIpc) is 3.31. The van der Waals surface area contributed by atoms with Crippen LogP contribution in [0.2, 0.25) is 0 Å². The zero-order valence-electron chi connectivity index (χ0n) is 13.7. The van der Waals surface area contributed by atoms with Crippen LogP contribution in [-0.2, 0) is 6.42 Å². The largest absolute Gasteiger partial charge is 0.459 e. The molecule has 2 heterocycles. The monoisotopic (exact) mass is 410 g/mol. The number of hydrogen-bond donors (Lipinski definition) is 1. The summed E-state index contributed by atoms with van der Waals surface area (Å²) in [5.74, 6) is 0.00447. The van der Waals surface area contributed by atoms with Gasteiger partial charge in [0.15, 0.2) is 5.76 Å². The quantitative estimate of drug-likeness (QED) is 0.691. The molecule has 0 spiro atoms. The van der Waals surface area contributed by atoms with E-state index in [9.17, 15) is 9.59 Å². The highest BCUT2D eigenvalue weighted by Crippen LogP contribution is 2.31. The Balaban J connectivity index is 1.52. The topological polar surface area (TPSA) is 62.6 Å². The van der Waals surface area contributed by atoms with Gasteiger partial charge in [-0.25, -0.2) is 0 Å². The van der Waals surface area contributed by atoms with Crippen molar-refractivity contribution in [3.8, 4) is 0 Å². The molecule has 1 aliphatic rings. The zero-order valence-corrected chi connectivity index (χ0v) is 15.3. The molecule has 2 amide bonds. The zero-order chi connectivity index (χ0) is 18.1. The number of nitrogens with one attached hydrogen (secondary N) is 1. The van der Waals surface area contributed by atoms with E-state index in [0.29, 0.717) is 23.6 Å². The summed E-state index contributed by atoms with van der Waals surface area (Å²) in [4.78, 5) is 26.6. The molecule has 130 valence electrons. The molecule has 0 radical (unpaired) electrons. The van der Waals surface area contributed by atoms with E-state index in [2.05, 4.69) is 21.2 Å². The summed E-state index contributed by atoms with van der Waals surface area (Å²) < 4.78 is 6.13. The van der Waals surface area contributed by atoms with Crippen LogP contribution in [0.3, 0.4) is 0 Å². The highest BCUT2D eigenvalue weighted by atomic mass is 79.9. The predicted octanol–water partition coefficient (Wildman–Crippen LogP) is 4.50. The molecule has 0 saturated heterocycles. The lowest BCUT2D eigenvalue weighted by atomic mass is 10.1. The van der Waals surface area contributed by atoms with E-state index >= 15 is 0 Å². The number of fused-ring (bicyclic) bond motifs is 1. The molecule has 4 rings (SSSR count). The minimum absolute atomic E-state index is 0.152. The Labute approximate surface area is 158 Å². The smallest absolute Gasteiger partial charge is 0.293 e. The van der Waals surface area contributed by atoms with Gasteiger partial charge in [0.25, 0.3) is 11.8 Å². The Morgan fingerprint density at radius 1 is 1.08 bits per heavy atom. The van der Waals surface area contributed by atoms with E-state index in [-0.39, 0.29) is 11.8 Å². The average molecular weight is 411 g/mol. The summed E-state index contributed by atoms with van der Waals surface area (Å²) in [6.07, 6.45) is 2.23. The van der Waals surface area contributed by atoms with Gasteiger partial charge in [-0.05, 0) is 66.6 Å². The molecule has 5 nitrogen and oxygen atoms in total. The van der Waals surface area contributed by atoms with Crippen LogP contribution in [0.5, 0.6) is 0 Å². The molecule has 0 aliphatic carbocycles. The van der Waals surface area contributed by atoms with Gasteiger partial charge in [-0.3, -0.25) is 9.59 Å². The van der Waals surface area contributed by atoms with Gasteiger partial charge in [-0.1, -0.05) is 15.9 Å². The van der Waals surface area contributed by atoms with Gasteiger partial charge in [-0.2, -0.15) is 0 Å². The molecule has 26 heavy (non-hydrogen) atoms. The Morgan fingerprint density at radius 3 is 2.62 bits per heavy atom. The van der Waals surface area contributed by atoms with Gasteiger partial charge in [0.05, 0.1) is 6.26 Å². The molecule has 0 saturated carbocycles. The van der Waals surface area contributed by atoms with E-state index in [1.807, 2.05) is 30.3 Å². The minimum atomic E-state index is -0.168. The fraction of sp³-hybridized carbons (Fsp3) is 0.100. The van der Waals surface area contributed by atoms with E-state index < -0.39 is 0 Å². The second-order valence-electron chi connectivity index (χ2n) is 5.99. The molecule has 1 aromatic heterocycles. The fourth-order valence-corrected chi connectivity index (χ4v) is 3.29. The molecular formula is C20H15BrN2O3. The highest BCUT2D eigenvalue weighted by molar-refractivity contribution is 9.10. The van der Waals surface area contributed by atoms with E-state index in [1.165, 1.54) is 6.26 Å². The van der Waals surface area contributed by atoms with E-state index in [0.717, 1.165) is 22.1 Å². The van der Waals surface area contributed by atoms with Gasteiger partial charge in [0.2, 0.25) is 0 Å². The van der Waals surface area contributed by atoms with Gasteiger partial charge in [0.1, 0.15) is 0 Å². The van der Waals surface area contributed by atoms with Crippen LogP contribution in [0.15, 0.2) is 69.8 Å². The van der Waals surface area contributed by atoms with Crippen LogP contribution in [0.4, 0.5) is 11.4 Å². The van der Waals surface area contributed by atoms with Crippen molar-refractivity contribution >= 4 is 39.1 Å². The van der Waals surface area contributed by atoms with Gasteiger partial charge in [0, 0.05) is 28.0 Å². The number of benzene rings is 2. The summed E-state index contributed by atoms with van der Waals surface area (Å²) in [5, 5.41) is 2.90. The highest BCUT2D eigenvalue weighted by Gasteiger charge is 2.27. The van der Waals surface area contributed by atoms with Crippen LogP contribution in [0, 0.1) is 0 Å². The first-order valence-electron chi connectivity index (χ1n) is 8.17. The number of carbonyl (C=O) groups is 2. The Morgan fingerprint density at radius 2 is 1.88 bits per heavy atom. The second kappa shape index (κ2) is 6.80. The third kappa shape index (κ3) is 3.15. The number of anilines is 2. The molecule has 0 bridgehead atoms. The van der Waals surface area contributed by atoms with Crippen LogP contribution in [-0.4, -0.2) is 18.4 Å². The maximum absolute atomic E-state index is 12.5. The van der Waals surface area contributed by atoms with Crippen molar-refractivity contribution in [2.45, 2.75) is 6.42 Å². The minimum Gasteiger partial charge on any atom is -0.459 e. The van der Waals surface area contributed by atoms with Crippen LogP contribution in [0.1, 0.15) is 26.5 Å². The van der Waals surface area contributed by atoms with Crippen molar-refractivity contribution in [1.82, 2.24) is 0 Å². The number of hydrogen-bond acceptors (Lipinski definition) is 3. The Hall–Kier alpha value is -2.86. The molecule has 3 aromatic rings. The first kappa shape index (κ1) is 16.6. The predicted molar refractivity (Wildman–Crippen MR) is 103 cm³/mol. The molecule has 0 atom stereocenters. The summed E-state index contributed by atoms with van der Waals surface area (Å²) >= 11 is 3.36. The Bertz CT molecular complexity index is 965. The van der Waals surface area contributed by atoms with Crippen molar-refractivity contribution in [3.05, 3.63) is 82.2 Å². The first-order chi connectivity index (χ1) is 12.6. The fourth-order valence-electron chi connectivity index (χ4n) is 3.03. The lowest BCUT2D eigenvalue weighted by molar-refractivity contribution is 0.0962. The molecular weight excluding hydrogens is 396 g/mol. The molecule has 1 aliphatic heterocycles. The number of halogens is 1. The second-order valence-corrected chi connectivity index (χ2v) is 6.90. The molecule has 6 heteroatoms. The summed E-state index contributed by atoms with van der Waals surface area (Å²) in [7, 11) is 0. The summed E-state index contributed by atoms with van der Waals surface area (Å²) in [6, 6.07) is 16.1. The number of nitrogens with zero attached hydrogens (tertiary/aromatic N) is 1. The Kier molecular flexibility index (Phi) is 4.34. The van der Waals surface area contributed by atoms with Crippen molar-refractivity contribution in [1.29, 1.82) is 0 Å². The van der Waals surface area contributed by atoms with Crippen molar-refractivity contribution < 1.29 is 14.0 Å². The van der Waals surface area contributed by atoms with Crippen LogP contribution >= 0.6 is 15.9 Å². The third-order valence-corrected chi connectivity index (χ3v) is 4.85. The van der Waals surface area contributed by atoms with Gasteiger partial charge < -0.3 is 14.6 Å². The van der Waals surface area contributed by atoms with E-state index in [1.54, 1.807) is 29.2 Å². The molecule has 1 N–H and O–H groups in total. The van der Waals surface area contributed by atoms with Gasteiger partial charge >= 0.3 is 0 Å².